The van der Waals surface area contributed by atoms with Gasteiger partial charge in [-0.15, -0.1) is 0 Å². The molecule has 1 aromatic rings. The van der Waals surface area contributed by atoms with Crippen LogP contribution < -0.4 is 9.44 Å². The molecular weight excluding hydrogens is 188 g/mol. The van der Waals surface area contributed by atoms with Gasteiger partial charge in [0.05, 0.1) is 5.69 Å². The summed E-state index contributed by atoms with van der Waals surface area (Å²) in [4.78, 5) is 0. The number of anilines is 1. The molecule has 0 amide bonds. The molecule has 0 unspecified atom stereocenters. The molecule has 1 rings (SSSR count). The van der Waals surface area contributed by atoms with Gasteiger partial charge in [-0.25, -0.2) is 5.14 Å². The number of rotatable bonds is 3. The molecular formula is C8H12N2O2S. The summed E-state index contributed by atoms with van der Waals surface area (Å²) in [6.45, 7) is 2.07. The molecule has 2 N–H and O–H groups in total. The fraction of sp³-hybridized carbons (Fsp3) is 0.250. The van der Waals surface area contributed by atoms with Crippen molar-refractivity contribution in [1.29, 1.82) is 0 Å². The molecule has 4 nitrogen and oxygen atoms in total. The number of benzene rings is 1. The van der Waals surface area contributed by atoms with E-state index in [4.69, 9.17) is 5.14 Å². The molecule has 13 heavy (non-hydrogen) atoms. The van der Waals surface area contributed by atoms with Crippen molar-refractivity contribution in [2.45, 2.75) is 6.92 Å². The third-order valence-electron chi connectivity index (χ3n) is 1.64. The van der Waals surface area contributed by atoms with Gasteiger partial charge in [-0.2, -0.15) is 8.42 Å². The maximum Gasteiger partial charge on any atom is 0.298 e. The fourth-order valence-electron chi connectivity index (χ4n) is 1.10. The summed E-state index contributed by atoms with van der Waals surface area (Å²) in [7, 11) is -3.63. The molecule has 0 fully saturated rings. The summed E-state index contributed by atoms with van der Waals surface area (Å²) in [5.41, 5.74) is 0.590. The minimum absolute atomic E-state index is 0.336. The van der Waals surface area contributed by atoms with E-state index in [0.717, 1.165) is 4.31 Å². The Hall–Kier alpha value is -1.07. The Labute approximate surface area is 78.2 Å². The van der Waals surface area contributed by atoms with Crippen LogP contribution >= 0.6 is 0 Å². The number of hydrogen-bond acceptors (Lipinski definition) is 2. The van der Waals surface area contributed by atoms with Crippen LogP contribution in [0.4, 0.5) is 5.69 Å². The third kappa shape index (κ3) is 2.43. The van der Waals surface area contributed by atoms with Gasteiger partial charge in [-0.1, -0.05) is 18.2 Å². The van der Waals surface area contributed by atoms with Crippen LogP contribution in [0.5, 0.6) is 0 Å². The minimum Gasteiger partial charge on any atom is -0.258 e. The lowest BCUT2D eigenvalue weighted by molar-refractivity contribution is 0.593. The van der Waals surface area contributed by atoms with Crippen molar-refractivity contribution in [3.05, 3.63) is 30.3 Å². The van der Waals surface area contributed by atoms with Crippen LogP contribution in [0.25, 0.3) is 0 Å². The monoisotopic (exact) mass is 200 g/mol. The standard InChI is InChI=1S/C8H12N2O2S/c1-2-10(13(9,11)12)8-6-4-3-5-7-8/h3-7H,2H2,1H3,(H2,9,11,12). The summed E-state index contributed by atoms with van der Waals surface area (Å²) in [6.07, 6.45) is 0. The Morgan fingerprint density at radius 1 is 1.31 bits per heavy atom. The van der Waals surface area contributed by atoms with Crippen molar-refractivity contribution < 1.29 is 8.42 Å². The Bertz CT molecular complexity index is 361. The zero-order chi connectivity index (χ0) is 9.90. The molecule has 0 radical (unpaired) electrons. The molecule has 1 aromatic carbocycles. The number of hydrogen-bond donors (Lipinski definition) is 1. The van der Waals surface area contributed by atoms with Gasteiger partial charge in [0.2, 0.25) is 0 Å². The zero-order valence-corrected chi connectivity index (χ0v) is 8.16. The molecule has 5 heteroatoms. The van der Waals surface area contributed by atoms with Gasteiger partial charge in [0.15, 0.2) is 0 Å². The maximum atomic E-state index is 11.1. The lowest BCUT2D eigenvalue weighted by Gasteiger charge is -2.19. The number of nitrogens with two attached hydrogens (primary N) is 1. The molecule has 0 aliphatic heterocycles. The van der Waals surface area contributed by atoms with Crippen molar-refractivity contribution in [3.63, 3.8) is 0 Å². The number of para-hydroxylation sites is 1. The molecule has 0 atom stereocenters. The van der Waals surface area contributed by atoms with E-state index in [-0.39, 0.29) is 0 Å². The first-order chi connectivity index (χ1) is 6.05. The van der Waals surface area contributed by atoms with Gasteiger partial charge in [0.1, 0.15) is 0 Å². The van der Waals surface area contributed by atoms with Gasteiger partial charge >= 0.3 is 0 Å². The highest BCUT2D eigenvalue weighted by atomic mass is 32.2. The van der Waals surface area contributed by atoms with E-state index < -0.39 is 10.2 Å². The van der Waals surface area contributed by atoms with Crippen LogP contribution in [-0.4, -0.2) is 15.0 Å². The van der Waals surface area contributed by atoms with Gasteiger partial charge in [-0.3, -0.25) is 4.31 Å². The van der Waals surface area contributed by atoms with Crippen LogP contribution in [0, 0.1) is 0 Å². The summed E-state index contributed by atoms with van der Waals surface area (Å²) in [5.74, 6) is 0. The molecule has 0 saturated heterocycles. The fourth-order valence-corrected chi connectivity index (χ4v) is 1.88. The van der Waals surface area contributed by atoms with Gasteiger partial charge in [0.25, 0.3) is 10.2 Å². The van der Waals surface area contributed by atoms with Crippen LogP contribution in [0.2, 0.25) is 0 Å². The quantitative estimate of drug-likeness (QED) is 0.781. The largest absolute Gasteiger partial charge is 0.298 e. The summed E-state index contributed by atoms with van der Waals surface area (Å²) < 4.78 is 23.3. The Morgan fingerprint density at radius 3 is 2.23 bits per heavy atom. The maximum absolute atomic E-state index is 11.1. The predicted octanol–water partition coefficient (Wildman–Crippen LogP) is 0.716. The van der Waals surface area contributed by atoms with Gasteiger partial charge < -0.3 is 0 Å². The van der Waals surface area contributed by atoms with Crippen molar-refractivity contribution in [2.24, 2.45) is 5.14 Å². The van der Waals surface area contributed by atoms with E-state index in [2.05, 4.69) is 0 Å². The molecule has 0 saturated carbocycles. The average Bonchev–Trinajstić information content (AvgIpc) is 2.05. The van der Waals surface area contributed by atoms with Crippen LogP contribution in [-0.2, 0) is 10.2 Å². The first kappa shape index (κ1) is 10.0. The summed E-state index contributed by atoms with van der Waals surface area (Å²) in [5, 5.41) is 5.02. The zero-order valence-electron chi connectivity index (χ0n) is 7.34. The van der Waals surface area contributed by atoms with Crippen LogP contribution in [0.1, 0.15) is 6.92 Å². The SMILES string of the molecule is CCN(c1ccccc1)S(N)(=O)=O. The Kier molecular flexibility index (Phi) is 2.90. The van der Waals surface area contributed by atoms with E-state index in [1.165, 1.54) is 0 Å². The van der Waals surface area contributed by atoms with Crippen LogP contribution in [0.3, 0.4) is 0 Å². The van der Waals surface area contributed by atoms with E-state index in [0.29, 0.717) is 12.2 Å². The molecule has 0 aromatic heterocycles. The van der Waals surface area contributed by atoms with E-state index in [1.807, 2.05) is 6.07 Å². The summed E-state index contributed by atoms with van der Waals surface area (Å²) >= 11 is 0. The van der Waals surface area contributed by atoms with E-state index in [9.17, 15) is 8.42 Å². The first-order valence-electron chi connectivity index (χ1n) is 3.91. The summed E-state index contributed by atoms with van der Waals surface area (Å²) in [6, 6.07) is 8.76. The van der Waals surface area contributed by atoms with Gasteiger partial charge in [0, 0.05) is 6.54 Å². The molecule has 0 heterocycles. The topological polar surface area (TPSA) is 63.4 Å². The molecule has 0 aliphatic rings. The first-order valence-corrected chi connectivity index (χ1v) is 5.41. The molecule has 72 valence electrons. The van der Waals surface area contributed by atoms with Crippen molar-refractivity contribution in [1.82, 2.24) is 0 Å². The minimum atomic E-state index is -3.63. The highest BCUT2D eigenvalue weighted by Crippen LogP contribution is 2.14. The number of nitrogens with zero attached hydrogens (tertiary/aromatic N) is 1. The smallest absolute Gasteiger partial charge is 0.258 e. The lowest BCUT2D eigenvalue weighted by atomic mass is 10.3. The molecule has 0 spiro atoms. The second-order valence-corrected chi connectivity index (χ2v) is 4.02. The van der Waals surface area contributed by atoms with Gasteiger partial charge in [-0.05, 0) is 19.1 Å². The predicted molar refractivity (Wildman–Crippen MR) is 52.6 cm³/mol. The van der Waals surface area contributed by atoms with Crippen molar-refractivity contribution in [3.8, 4) is 0 Å². The second kappa shape index (κ2) is 3.76. The Morgan fingerprint density at radius 2 is 1.85 bits per heavy atom. The lowest BCUT2D eigenvalue weighted by Crippen LogP contribution is -2.36. The molecule has 0 aliphatic carbocycles. The second-order valence-electron chi connectivity index (χ2n) is 2.55. The van der Waals surface area contributed by atoms with Crippen LogP contribution in [0.15, 0.2) is 30.3 Å². The average molecular weight is 200 g/mol. The highest BCUT2D eigenvalue weighted by molar-refractivity contribution is 7.90. The van der Waals surface area contributed by atoms with Crippen molar-refractivity contribution >= 4 is 15.9 Å². The van der Waals surface area contributed by atoms with Crippen molar-refractivity contribution in [2.75, 3.05) is 10.8 Å². The molecule has 0 bridgehead atoms. The highest BCUT2D eigenvalue weighted by Gasteiger charge is 2.14. The normalized spacial score (nSPS) is 11.2. The van der Waals surface area contributed by atoms with E-state index >= 15 is 0 Å². The Balaban J connectivity index is 3.06. The third-order valence-corrected chi connectivity index (χ3v) is 2.72. The van der Waals surface area contributed by atoms with E-state index in [1.54, 1.807) is 31.2 Å².